The zero-order valence-corrected chi connectivity index (χ0v) is 39.3. The number of nitrogens with one attached hydrogen (secondary N) is 1. The average Bonchev–Trinajstić information content (AvgIpc) is 3.08. The normalized spacial score (nSPS) is 19.3. The number of phosphoric ester groups is 1. The number of phosphoric acid groups is 1. The van der Waals surface area contributed by atoms with Crippen LogP contribution in [0.3, 0.4) is 0 Å². The third-order valence-corrected chi connectivity index (χ3v) is 18.1. The zero-order chi connectivity index (χ0) is 41.2. The van der Waals surface area contributed by atoms with Crippen molar-refractivity contribution >= 4 is 59.1 Å². The number of ether oxygens (including phenoxy) is 2. The highest BCUT2D eigenvalue weighted by Gasteiger charge is 2.50. The quantitative estimate of drug-likeness (QED) is 0.0280. The molecule has 0 radical (unpaired) electrons. The molecule has 0 saturated carbocycles. The fourth-order valence-corrected chi connectivity index (χ4v) is 15.8. The number of esters is 1. The minimum absolute atomic E-state index is 0.0340. The lowest BCUT2D eigenvalue weighted by molar-refractivity contribution is -0.143. The SMILES string of the molecule is C=CCOC(=O)NCC[C@](/C=C/[C@@H]1OC(=O)C=CC1CC)(O[Si](C)(C)C)[C@@H](C[C@H](/C=C\I)O[Si](C(C)C)(C(C)C)C(C)C)OP(=O)(OCC=C)OCC=C. The van der Waals surface area contributed by atoms with Gasteiger partial charge < -0.3 is 23.6 Å². The summed E-state index contributed by atoms with van der Waals surface area (Å²) in [5.41, 5.74) is -0.582. The van der Waals surface area contributed by atoms with E-state index >= 15 is 0 Å². The van der Waals surface area contributed by atoms with Crippen molar-refractivity contribution in [1.29, 1.82) is 0 Å². The van der Waals surface area contributed by atoms with Gasteiger partial charge in [0.1, 0.15) is 24.4 Å². The molecule has 11 nitrogen and oxygen atoms in total. The lowest BCUT2D eigenvalue weighted by Gasteiger charge is -2.47. The summed E-state index contributed by atoms with van der Waals surface area (Å²) >= 11 is 2.18. The molecule has 0 aromatic rings. The van der Waals surface area contributed by atoms with Crippen LogP contribution in [0.5, 0.6) is 0 Å². The maximum Gasteiger partial charge on any atom is 0.475 e. The topological polar surface area (TPSA) is 128 Å². The first-order valence-electron chi connectivity index (χ1n) is 18.8. The number of halogens is 1. The number of carbonyl (C=O) groups excluding carboxylic acids is 2. The highest BCUT2D eigenvalue weighted by Crippen LogP contribution is 2.54. The molecule has 1 unspecified atom stereocenters. The molecule has 0 spiro atoms. The Morgan fingerprint density at radius 3 is 2.07 bits per heavy atom. The number of hydrogen-bond donors (Lipinski definition) is 1. The van der Waals surface area contributed by atoms with Crippen LogP contribution in [0.15, 0.2) is 72.4 Å². The second-order valence-electron chi connectivity index (χ2n) is 15.2. The standard InChI is InChI=1S/C39H67INO10PSi2/c1-14-26-45-38(43)41-25-23-39(51-53(11,12)13,22-20-35-33(17-4)18-19-37(42)48-35)36(49-52(44,46-27-15-2)47-28-16-3)29-34(21-24-40)50-54(30(5)6,31(7)8)32(9)10/h14-16,18-22,24,30-36H,1-3,17,23,25-29H2,4-13H3,(H,41,43)/b22-20+,24-21-/t33?,34-,35-,36+,39-/m0/s1. The number of rotatable bonds is 27. The van der Waals surface area contributed by atoms with E-state index in [-0.39, 0.29) is 61.7 Å². The molecule has 5 atom stereocenters. The van der Waals surface area contributed by atoms with Crippen molar-refractivity contribution in [2.24, 2.45) is 5.92 Å². The number of hydrogen-bond acceptors (Lipinski definition) is 10. The highest BCUT2D eigenvalue weighted by atomic mass is 127. The van der Waals surface area contributed by atoms with Gasteiger partial charge >= 0.3 is 19.9 Å². The van der Waals surface area contributed by atoms with Crippen molar-refractivity contribution in [2.45, 2.75) is 128 Å². The predicted molar refractivity (Wildman–Crippen MR) is 232 cm³/mol. The number of cyclic esters (lactones) is 1. The summed E-state index contributed by atoms with van der Waals surface area (Å²) in [6.07, 6.45) is 11.5. The Labute approximate surface area is 341 Å². The molecule has 1 aliphatic rings. The first-order valence-corrected chi connectivity index (χ1v) is 27.1. The van der Waals surface area contributed by atoms with Crippen molar-refractivity contribution in [3.63, 3.8) is 0 Å². The van der Waals surface area contributed by atoms with Gasteiger partial charge in [-0.3, -0.25) is 13.6 Å². The summed E-state index contributed by atoms with van der Waals surface area (Å²) in [5.74, 6) is -0.552. The Morgan fingerprint density at radius 1 is 1.02 bits per heavy atom. The van der Waals surface area contributed by atoms with Gasteiger partial charge in [0, 0.05) is 25.0 Å². The molecule has 54 heavy (non-hydrogen) atoms. The van der Waals surface area contributed by atoms with Crippen LogP contribution >= 0.6 is 30.4 Å². The Kier molecular flexibility index (Phi) is 22.6. The first-order chi connectivity index (χ1) is 25.3. The minimum Gasteiger partial charge on any atom is -0.454 e. The van der Waals surface area contributed by atoms with Gasteiger partial charge in [-0.15, -0.1) is 13.2 Å². The molecule has 1 amide bonds. The van der Waals surface area contributed by atoms with Gasteiger partial charge in [0.15, 0.2) is 8.32 Å². The fourth-order valence-electron chi connectivity index (χ4n) is 7.00. The summed E-state index contributed by atoms with van der Waals surface area (Å²) < 4.78 is 60.2. The number of carbonyl (C=O) groups is 2. The van der Waals surface area contributed by atoms with Gasteiger partial charge in [0.2, 0.25) is 8.32 Å². The lowest BCUT2D eigenvalue weighted by Crippen LogP contribution is -2.55. The molecule has 1 rings (SSSR count). The van der Waals surface area contributed by atoms with Gasteiger partial charge in [-0.2, -0.15) is 0 Å². The molecule has 0 saturated heterocycles. The van der Waals surface area contributed by atoms with Crippen LogP contribution in [0.1, 0.15) is 67.7 Å². The van der Waals surface area contributed by atoms with Crippen LogP contribution in [0.25, 0.3) is 0 Å². The molecule has 0 aromatic heterocycles. The van der Waals surface area contributed by atoms with E-state index in [0.717, 1.165) is 0 Å². The van der Waals surface area contributed by atoms with Crippen molar-refractivity contribution in [1.82, 2.24) is 5.32 Å². The van der Waals surface area contributed by atoms with E-state index in [0.29, 0.717) is 6.42 Å². The van der Waals surface area contributed by atoms with Gasteiger partial charge in [-0.05, 0) is 59.3 Å². The van der Waals surface area contributed by atoms with Crippen molar-refractivity contribution in [3.05, 3.63) is 72.4 Å². The summed E-state index contributed by atoms with van der Waals surface area (Å²) in [6.45, 7) is 32.4. The Hall–Kier alpha value is -1.63. The van der Waals surface area contributed by atoms with E-state index < -0.39 is 60.4 Å². The Bertz CT molecular complexity index is 1310. The molecular weight excluding hydrogens is 856 g/mol. The average molecular weight is 924 g/mol. The van der Waals surface area contributed by atoms with Gasteiger partial charge in [-0.25, -0.2) is 14.2 Å². The first kappa shape index (κ1) is 50.4. The molecule has 0 bridgehead atoms. The van der Waals surface area contributed by atoms with E-state index in [1.165, 1.54) is 24.3 Å². The van der Waals surface area contributed by atoms with E-state index in [9.17, 15) is 14.2 Å². The fraction of sp³-hybridized carbons (Fsp3) is 0.641. The molecule has 1 heterocycles. The van der Waals surface area contributed by atoms with Crippen LogP contribution in [0, 0.1) is 5.92 Å². The highest BCUT2D eigenvalue weighted by molar-refractivity contribution is 14.1. The van der Waals surface area contributed by atoms with Crippen LogP contribution in [-0.2, 0) is 41.3 Å². The summed E-state index contributed by atoms with van der Waals surface area (Å²) in [7, 11) is -9.36. The van der Waals surface area contributed by atoms with Crippen molar-refractivity contribution < 1.29 is 46.1 Å². The Morgan fingerprint density at radius 2 is 1.59 bits per heavy atom. The smallest absolute Gasteiger partial charge is 0.454 e. The third kappa shape index (κ3) is 16.1. The van der Waals surface area contributed by atoms with Crippen LogP contribution < -0.4 is 5.32 Å². The van der Waals surface area contributed by atoms with Gasteiger partial charge in [0.25, 0.3) is 0 Å². The lowest BCUT2D eigenvalue weighted by atomic mass is 9.86. The van der Waals surface area contributed by atoms with Crippen molar-refractivity contribution in [3.8, 4) is 0 Å². The van der Waals surface area contributed by atoms with E-state index in [1.807, 2.05) is 55.0 Å². The maximum absolute atomic E-state index is 14.6. The molecule has 308 valence electrons. The third-order valence-electron chi connectivity index (χ3n) is 9.11. The van der Waals surface area contributed by atoms with E-state index in [4.69, 9.17) is 31.9 Å². The summed E-state index contributed by atoms with van der Waals surface area (Å²) in [4.78, 5) is 25.2. The molecule has 1 aliphatic heterocycles. The van der Waals surface area contributed by atoms with Crippen molar-refractivity contribution in [2.75, 3.05) is 26.4 Å². The van der Waals surface area contributed by atoms with E-state index in [2.05, 4.69) is 89.2 Å². The molecule has 1 N–H and O–H groups in total. The predicted octanol–water partition coefficient (Wildman–Crippen LogP) is 10.7. The molecule has 0 aromatic carbocycles. The minimum atomic E-state index is -4.33. The summed E-state index contributed by atoms with van der Waals surface area (Å²) in [5, 5.41) is 2.81. The second kappa shape index (κ2) is 24.2. The number of amides is 1. The molecule has 0 fully saturated rings. The largest absolute Gasteiger partial charge is 0.475 e. The van der Waals surface area contributed by atoms with Crippen LogP contribution in [0.4, 0.5) is 4.79 Å². The van der Waals surface area contributed by atoms with Gasteiger partial charge in [-0.1, -0.05) is 114 Å². The molecule has 15 heteroatoms. The van der Waals surface area contributed by atoms with E-state index in [1.54, 1.807) is 0 Å². The second-order valence-corrected chi connectivity index (χ2v) is 27.3. The number of alkyl carbamates (subject to hydrolysis) is 1. The van der Waals surface area contributed by atoms with Crippen LogP contribution in [0.2, 0.25) is 36.3 Å². The monoisotopic (exact) mass is 923 g/mol. The Balaban J connectivity index is 4.21. The summed E-state index contributed by atoms with van der Waals surface area (Å²) in [6, 6.07) is 0. The van der Waals surface area contributed by atoms with Crippen LogP contribution in [-0.4, -0.2) is 79.0 Å². The molecular formula is C39H67INO10PSi2. The molecule has 0 aliphatic carbocycles. The van der Waals surface area contributed by atoms with Gasteiger partial charge in [0.05, 0.1) is 19.3 Å². The maximum atomic E-state index is 14.6. The zero-order valence-electron chi connectivity index (χ0n) is 34.2.